The lowest BCUT2D eigenvalue weighted by Gasteiger charge is -2.18. The monoisotopic (exact) mass is 339 g/mol. The third-order valence-corrected chi connectivity index (χ3v) is 3.82. The van der Waals surface area contributed by atoms with Crippen LogP contribution in [0, 0.1) is 5.92 Å². The van der Waals surface area contributed by atoms with Crippen LogP contribution in [0.3, 0.4) is 0 Å². The summed E-state index contributed by atoms with van der Waals surface area (Å²) in [6.45, 7) is 4.84. The zero-order chi connectivity index (χ0) is 18.2. The van der Waals surface area contributed by atoms with E-state index in [0.29, 0.717) is 23.7 Å². The molecule has 25 heavy (non-hydrogen) atoms. The van der Waals surface area contributed by atoms with Gasteiger partial charge in [-0.2, -0.15) is 0 Å². The average molecular weight is 339 g/mol. The van der Waals surface area contributed by atoms with Crippen LogP contribution in [-0.2, 0) is 0 Å². The highest BCUT2D eigenvalue weighted by molar-refractivity contribution is 6.06. The number of urea groups is 1. The van der Waals surface area contributed by atoms with Crippen molar-refractivity contribution in [1.29, 1.82) is 0 Å². The molecule has 0 saturated carbocycles. The van der Waals surface area contributed by atoms with E-state index in [9.17, 15) is 9.59 Å². The Morgan fingerprint density at radius 2 is 1.76 bits per heavy atom. The summed E-state index contributed by atoms with van der Waals surface area (Å²) in [5.41, 5.74) is 1.93. The molecule has 0 saturated heterocycles. The minimum atomic E-state index is -0.262. The van der Waals surface area contributed by atoms with Gasteiger partial charge in [-0.3, -0.25) is 4.79 Å². The number of carbonyl (C=O) groups is 2. The van der Waals surface area contributed by atoms with Gasteiger partial charge in [0.05, 0.1) is 0 Å². The maximum absolute atomic E-state index is 12.6. The average Bonchev–Trinajstić information content (AvgIpc) is 2.61. The smallest absolute Gasteiger partial charge is 0.319 e. The van der Waals surface area contributed by atoms with Crippen molar-refractivity contribution in [2.45, 2.75) is 20.3 Å². The van der Waals surface area contributed by atoms with Crippen molar-refractivity contribution < 1.29 is 9.59 Å². The Morgan fingerprint density at radius 1 is 1.04 bits per heavy atom. The Balaban J connectivity index is 2.00. The number of anilines is 2. The fraction of sp³-hybridized carbons (Fsp3) is 0.300. The second kappa shape index (κ2) is 8.87. The number of carbonyl (C=O) groups excluding carboxylic acids is 2. The van der Waals surface area contributed by atoms with Crippen molar-refractivity contribution in [3.63, 3.8) is 0 Å². The van der Waals surface area contributed by atoms with E-state index in [1.807, 2.05) is 30.3 Å². The van der Waals surface area contributed by atoms with Crippen LogP contribution in [0.15, 0.2) is 54.6 Å². The first kappa shape index (κ1) is 18.5. The molecule has 2 aromatic rings. The highest BCUT2D eigenvalue weighted by atomic mass is 16.2. The van der Waals surface area contributed by atoms with Crippen LogP contribution in [0.4, 0.5) is 16.2 Å². The predicted molar refractivity (Wildman–Crippen MR) is 102 cm³/mol. The topological polar surface area (TPSA) is 61.4 Å². The molecule has 2 aromatic carbocycles. The highest BCUT2D eigenvalue weighted by Crippen LogP contribution is 2.17. The molecule has 0 aliphatic carbocycles. The summed E-state index contributed by atoms with van der Waals surface area (Å²) in [6.07, 6.45) is 0.924. The summed E-state index contributed by atoms with van der Waals surface area (Å²) in [5, 5.41) is 5.58. The number of benzene rings is 2. The standard InChI is InChI=1S/C20H25N3O2/c1-15(2)12-13-21-20(25)22-17-9-7-8-16(14-17)19(24)23(3)18-10-5-4-6-11-18/h4-11,14-15H,12-13H2,1-3H3,(H2,21,22,25). The third kappa shape index (κ3) is 5.64. The van der Waals surface area contributed by atoms with Crippen LogP contribution in [0.5, 0.6) is 0 Å². The minimum absolute atomic E-state index is 0.130. The largest absolute Gasteiger partial charge is 0.338 e. The van der Waals surface area contributed by atoms with Gasteiger partial charge in [0.2, 0.25) is 0 Å². The van der Waals surface area contributed by atoms with Crippen molar-refractivity contribution in [3.05, 3.63) is 60.2 Å². The van der Waals surface area contributed by atoms with Gasteiger partial charge >= 0.3 is 6.03 Å². The molecule has 2 N–H and O–H groups in total. The molecule has 0 spiro atoms. The van der Waals surface area contributed by atoms with Gasteiger partial charge in [0, 0.05) is 30.5 Å². The number of amides is 3. The summed E-state index contributed by atoms with van der Waals surface area (Å²) in [5.74, 6) is 0.407. The first-order valence-corrected chi connectivity index (χ1v) is 8.45. The second-order valence-corrected chi connectivity index (χ2v) is 6.34. The van der Waals surface area contributed by atoms with E-state index in [1.54, 1.807) is 36.2 Å². The van der Waals surface area contributed by atoms with Crippen LogP contribution in [0.25, 0.3) is 0 Å². The maximum Gasteiger partial charge on any atom is 0.319 e. The molecule has 0 aliphatic rings. The Labute approximate surface area is 149 Å². The lowest BCUT2D eigenvalue weighted by molar-refractivity contribution is 0.0993. The first-order chi connectivity index (χ1) is 12.0. The quantitative estimate of drug-likeness (QED) is 0.831. The summed E-state index contributed by atoms with van der Waals surface area (Å²) in [7, 11) is 1.73. The number of rotatable bonds is 6. The summed E-state index contributed by atoms with van der Waals surface area (Å²) >= 11 is 0. The molecule has 0 atom stereocenters. The van der Waals surface area contributed by atoms with Gasteiger partial charge in [-0.25, -0.2) is 4.79 Å². The zero-order valence-corrected chi connectivity index (χ0v) is 15.0. The number of nitrogens with zero attached hydrogens (tertiary/aromatic N) is 1. The Kier molecular flexibility index (Phi) is 6.57. The fourth-order valence-electron chi connectivity index (χ4n) is 2.34. The summed E-state index contributed by atoms with van der Waals surface area (Å²) in [4.78, 5) is 26.1. The lowest BCUT2D eigenvalue weighted by atomic mass is 10.1. The Hall–Kier alpha value is -2.82. The molecule has 5 nitrogen and oxygen atoms in total. The minimum Gasteiger partial charge on any atom is -0.338 e. The van der Waals surface area contributed by atoms with E-state index in [0.717, 1.165) is 12.1 Å². The van der Waals surface area contributed by atoms with Gasteiger partial charge in [-0.05, 0) is 42.7 Å². The molecule has 0 radical (unpaired) electrons. The third-order valence-electron chi connectivity index (χ3n) is 3.82. The molecule has 132 valence electrons. The highest BCUT2D eigenvalue weighted by Gasteiger charge is 2.14. The van der Waals surface area contributed by atoms with Crippen molar-refractivity contribution >= 4 is 23.3 Å². The summed E-state index contributed by atoms with van der Waals surface area (Å²) < 4.78 is 0. The molecular formula is C20H25N3O2. The number of hydrogen-bond donors (Lipinski definition) is 2. The van der Waals surface area contributed by atoms with Crippen LogP contribution in [-0.4, -0.2) is 25.5 Å². The van der Waals surface area contributed by atoms with Crippen molar-refractivity contribution in [3.8, 4) is 0 Å². The fourth-order valence-corrected chi connectivity index (χ4v) is 2.34. The van der Waals surface area contributed by atoms with Crippen LogP contribution in [0.1, 0.15) is 30.6 Å². The zero-order valence-electron chi connectivity index (χ0n) is 15.0. The normalized spacial score (nSPS) is 10.4. The summed E-state index contributed by atoms with van der Waals surface area (Å²) in [6, 6.07) is 16.1. The molecule has 2 rings (SSSR count). The molecule has 0 bridgehead atoms. The van der Waals surface area contributed by atoms with Crippen molar-refractivity contribution in [1.82, 2.24) is 5.32 Å². The van der Waals surface area contributed by atoms with Crippen molar-refractivity contribution in [2.24, 2.45) is 5.92 Å². The van der Waals surface area contributed by atoms with Gasteiger partial charge in [-0.1, -0.05) is 38.1 Å². The van der Waals surface area contributed by atoms with E-state index >= 15 is 0 Å². The van der Waals surface area contributed by atoms with E-state index in [-0.39, 0.29) is 11.9 Å². The lowest BCUT2D eigenvalue weighted by Crippen LogP contribution is -2.30. The van der Waals surface area contributed by atoms with Gasteiger partial charge in [0.15, 0.2) is 0 Å². The molecule has 0 aliphatic heterocycles. The maximum atomic E-state index is 12.6. The number of para-hydroxylation sites is 1. The molecule has 0 aromatic heterocycles. The SMILES string of the molecule is CC(C)CCNC(=O)Nc1cccc(C(=O)N(C)c2ccccc2)c1. The van der Waals surface area contributed by atoms with Crippen LogP contribution in [0.2, 0.25) is 0 Å². The molecular weight excluding hydrogens is 314 g/mol. The van der Waals surface area contributed by atoms with Gasteiger partial charge < -0.3 is 15.5 Å². The molecule has 0 heterocycles. The Bertz CT molecular complexity index is 714. The van der Waals surface area contributed by atoms with Crippen LogP contribution >= 0.6 is 0 Å². The van der Waals surface area contributed by atoms with Crippen LogP contribution < -0.4 is 15.5 Å². The molecule has 5 heteroatoms. The van der Waals surface area contributed by atoms with E-state index in [2.05, 4.69) is 24.5 Å². The molecule has 3 amide bonds. The van der Waals surface area contributed by atoms with Gasteiger partial charge in [0.1, 0.15) is 0 Å². The predicted octanol–water partition coefficient (Wildman–Crippen LogP) is 4.13. The molecule has 0 fully saturated rings. The van der Waals surface area contributed by atoms with E-state index < -0.39 is 0 Å². The molecule has 0 unspecified atom stereocenters. The Morgan fingerprint density at radius 3 is 2.44 bits per heavy atom. The van der Waals surface area contributed by atoms with Gasteiger partial charge in [0.25, 0.3) is 5.91 Å². The van der Waals surface area contributed by atoms with E-state index in [1.165, 1.54) is 0 Å². The van der Waals surface area contributed by atoms with Crippen molar-refractivity contribution in [2.75, 3.05) is 23.8 Å². The van der Waals surface area contributed by atoms with Gasteiger partial charge in [-0.15, -0.1) is 0 Å². The first-order valence-electron chi connectivity index (χ1n) is 8.45. The number of nitrogens with one attached hydrogen (secondary N) is 2. The second-order valence-electron chi connectivity index (χ2n) is 6.34. The number of hydrogen-bond acceptors (Lipinski definition) is 2. The van der Waals surface area contributed by atoms with E-state index in [4.69, 9.17) is 0 Å².